The Morgan fingerprint density at radius 2 is 1.43 bits per heavy atom. The van der Waals surface area contributed by atoms with Gasteiger partial charge in [-0.2, -0.15) is 5.26 Å². The average Bonchev–Trinajstić information content (AvgIpc) is 2.62. The van der Waals surface area contributed by atoms with Crippen LogP contribution in [0.15, 0.2) is 78.9 Å². The number of nitriles is 1. The maximum atomic E-state index is 8.79. The molecule has 0 saturated carbocycles. The van der Waals surface area contributed by atoms with Crippen molar-refractivity contribution in [2.45, 2.75) is 6.61 Å². The van der Waals surface area contributed by atoms with Crippen molar-refractivity contribution in [3.05, 3.63) is 90.0 Å². The Bertz CT molecular complexity index is 805. The summed E-state index contributed by atoms with van der Waals surface area (Å²) < 4.78 is 11.6. The van der Waals surface area contributed by atoms with Crippen LogP contribution in [0.5, 0.6) is 17.2 Å². The molecule has 0 saturated heterocycles. The van der Waals surface area contributed by atoms with Crippen molar-refractivity contribution in [2.24, 2.45) is 0 Å². The maximum Gasteiger partial charge on any atom is 0.131 e. The fraction of sp³-hybridized carbons (Fsp3) is 0.0500. The summed E-state index contributed by atoms with van der Waals surface area (Å²) >= 11 is 0. The lowest BCUT2D eigenvalue weighted by molar-refractivity contribution is 0.304. The number of hydrogen-bond acceptors (Lipinski definition) is 3. The third-order valence-electron chi connectivity index (χ3n) is 3.27. The van der Waals surface area contributed by atoms with Gasteiger partial charge in [-0.3, -0.25) is 0 Å². The van der Waals surface area contributed by atoms with E-state index in [1.807, 2.05) is 66.7 Å². The van der Waals surface area contributed by atoms with E-state index in [-0.39, 0.29) is 0 Å². The van der Waals surface area contributed by atoms with E-state index < -0.39 is 0 Å². The summed E-state index contributed by atoms with van der Waals surface area (Å²) in [6, 6.07) is 26.6. The van der Waals surface area contributed by atoms with Gasteiger partial charge in [-0.25, -0.2) is 0 Å². The van der Waals surface area contributed by atoms with Gasteiger partial charge in [0.05, 0.1) is 11.6 Å². The van der Waals surface area contributed by atoms with Crippen molar-refractivity contribution in [1.29, 1.82) is 5.26 Å². The zero-order valence-electron chi connectivity index (χ0n) is 12.5. The highest BCUT2D eigenvalue weighted by Gasteiger charge is 2.01. The molecule has 3 aromatic rings. The van der Waals surface area contributed by atoms with E-state index in [4.69, 9.17) is 14.7 Å². The molecule has 23 heavy (non-hydrogen) atoms. The predicted octanol–water partition coefficient (Wildman–Crippen LogP) is 4.93. The van der Waals surface area contributed by atoms with Crippen LogP contribution in [0.2, 0.25) is 0 Å². The Hall–Kier alpha value is -3.25. The summed E-state index contributed by atoms with van der Waals surface area (Å²) in [6.45, 7) is 0.445. The Balaban J connectivity index is 1.64. The molecule has 0 N–H and O–H groups in total. The fourth-order valence-electron chi connectivity index (χ4n) is 2.09. The molecule has 3 heteroatoms. The smallest absolute Gasteiger partial charge is 0.131 e. The predicted molar refractivity (Wildman–Crippen MR) is 88.4 cm³/mol. The van der Waals surface area contributed by atoms with Crippen LogP contribution in [0.1, 0.15) is 11.1 Å². The molecule has 0 heterocycles. The number of rotatable bonds is 5. The normalized spacial score (nSPS) is 9.87. The summed E-state index contributed by atoms with van der Waals surface area (Å²) in [5, 5.41) is 8.79. The van der Waals surface area contributed by atoms with Gasteiger partial charge in [0.2, 0.25) is 0 Å². The first-order chi connectivity index (χ1) is 11.3. The Morgan fingerprint density at radius 3 is 2.17 bits per heavy atom. The second-order valence-corrected chi connectivity index (χ2v) is 4.99. The van der Waals surface area contributed by atoms with Gasteiger partial charge >= 0.3 is 0 Å². The van der Waals surface area contributed by atoms with Gasteiger partial charge in [-0.15, -0.1) is 0 Å². The van der Waals surface area contributed by atoms with E-state index >= 15 is 0 Å². The van der Waals surface area contributed by atoms with E-state index in [0.717, 1.165) is 22.8 Å². The van der Waals surface area contributed by atoms with Crippen LogP contribution in [0.3, 0.4) is 0 Å². The van der Waals surface area contributed by atoms with E-state index in [9.17, 15) is 0 Å². The summed E-state index contributed by atoms with van der Waals surface area (Å²) in [5.41, 5.74) is 1.66. The third-order valence-corrected chi connectivity index (χ3v) is 3.27. The number of hydrogen-bond donors (Lipinski definition) is 0. The molecule has 0 radical (unpaired) electrons. The molecule has 0 aromatic heterocycles. The quantitative estimate of drug-likeness (QED) is 0.671. The number of ether oxygens (including phenoxy) is 2. The lowest BCUT2D eigenvalue weighted by Gasteiger charge is -2.09. The molecular formula is C20H15NO2. The van der Waals surface area contributed by atoms with Crippen LogP contribution in [0.4, 0.5) is 0 Å². The molecule has 0 spiro atoms. The largest absolute Gasteiger partial charge is 0.489 e. The van der Waals surface area contributed by atoms with Crippen molar-refractivity contribution in [3.8, 4) is 23.3 Å². The number of para-hydroxylation sites is 1. The van der Waals surface area contributed by atoms with Crippen LogP contribution in [-0.4, -0.2) is 0 Å². The minimum atomic E-state index is 0.445. The van der Waals surface area contributed by atoms with Crippen molar-refractivity contribution >= 4 is 0 Å². The molecule has 0 aliphatic rings. The molecule has 0 bridgehead atoms. The van der Waals surface area contributed by atoms with Crippen LogP contribution in [0, 0.1) is 11.3 Å². The van der Waals surface area contributed by atoms with Gasteiger partial charge in [0.15, 0.2) is 0 Å². The summed E-state index contributed by atoms with van der Waals surface area (Å²) in [5.74, 6) is 2.26. The van der Waals surface area contributed by atoms with Crippen molar-refractivity contribution in [2.75, 3.05) is 0 Å². The molecule has 0 unspecified atom stereocenters. The molecule has 0 aliphatic heterocycles. The van der Waals surface area contributed by atoms with Gasteiger partial charge in [-0.05, 0) is 42.0 Å². The molecule has 0 amide bonds. The van der Waals surface area contributed by atoms with Crippen LogP contribution in [-0.2, 0) is 6.61 Å². The zero-order chi connectivity index (χ0) is 15.9. The Morgan fingerprint density at radius 1 is 0.739 bits per heavy atom. The maximum absolute atomic E-state index is 8.79. The fourth-order valence-corrected chi connectivity index (χ4v) is 2.09. The molecule has 0 aliphatic carbocycles. The van der Waals surface area contributed by atoms with Gasteiger partial charge in [0.25, 0.3) is 0 Å². The zero-order valence-corrected chi connectivity index (χ0v) is 12.5. The number of nitrogens with zero attached hydrogens (tertiary/aromatic N) is 1. The SMILES string of the molecule is N#Cc1ccc(COc2cccc(Oc3ccccc3)c2)cc1. The monoisotopic (exact) mass is 301 g/mol. The van der Waals surface area contributed by atoms with Gasteiger partial charge in [0.1, 0.15) is 23.9 Å². The molecule has 3 aromatic carbocycles. The highest BCUT2D eigenvalue weighted by molar-refractivity contribution is 5.37. The second kappa shape index (κ2) is 7.15. The van der Waals surface area contributed by atoms with E-state index in [1.165, 1.54) is 0 Å². The van der Waals surface area contributed by atoms with Gasteiger partial charge in [0, 0.05) is 6.07 Å². The first-order valence-corrected chi connectivity index (χ1v) is 7.28. The van der Waals surface area contributed by atoms with Crippen LogP contribution >= 0.6 is 0 Å². The molecular weight excluding hydrogens is 286 g/mol. The highest BCUT2D eigenvalue weighted by atomic mass is 16.5. The van der Waals surface area contributed by atoms with E-state index in [0.29, 0.717) is 12.2 Å². The summed E-state index contributed by atoms with van der Waals surface area (Å²) in [6.07, 6.45) is 0. The topological polar surface area (TPSA) is 42.2 Å². The third kappa shape index (κ3) is 4.12. The first-order valence-electron chi connectivity index (χ1n) is 7.28. The van der Waals surface area contributed by atoms with Gasteiger partial charge < -0.3 is 9.47 Å². The molecule has 3 nitrogen and oxygen atoms in total. The van der Waals surface area contributed by atoms with E-state index in [1.54, 1.807) is 12.1 Å². The Kier molecular flexibility index (Phi) is 4.56. The van der Waals surface area contributed by atoms with Crippen LogP contribution < -0.4 is 9.47 Å². The minimum Gasteiger partial charge on any atom is -0.489 e. The van der Waals surface area contributed by atoms with E-state index in [2.05, 4.69) is 6.07 Å². The van der Waals surface area contributed by atoms with Crippen molar-refractivity contribution in [1.82, 2.24) is 0 Å². The standard InChI is InChI=1S/C20H15NO2/c21-14-16-9-11-17(12-10-16)15-22-19-7-4-8-20(13-19)23-18-5-2-1-3-6-18/h1-13H,15H2. The summed E-state index contributed by atoms with van der Waals surface area (Å²) in [4.78, 5) is 0. The lowest BCUT2D eigenvalue weighted by Crippen LogP contribution is -1.95. The molecule has 112 valence electrons. The van der Waals surface area contributed by atoms with Crippen molar-refractivity contribution in [3.63, 3.8) is 0 Å². The highest BCUT2D eigenvalue weighted by Crippen LogP contribution is 2.25. The molecule has 0 fully saturated rings. The van der Waals surface area contributed by atoms with Crippen molar-refractivity contribution < 1.29 is 9.47 Å². The van der Waals surface area contributed by atoms with Gasteiger partial charge in [-0.1, -0.05) is 36.4 Å². The summed E-state index contributed by atoms with van der Waals surface area (Å²) in [7, 11) is 0. The lowest BCUT2D eigenvalue weighted by atomic mass is 10.2. The average molecular weight is 301 g/mol. The first kappa shape index (κ1) is 14.7. The minimum absolute atomic E-state index is 0.445. The number of benzene rings is 3. The molecule has 3 rings (SSSR count). The molecule has 0 atom stereocenters. The Labute approximate surface area is 135 Å². The second-order valence-electron chi connectivity index (χ2n) is 4.99. The van der Waals surface area contributed by atoms with Crippen LogP contribution in [0.25, 0.3) is 0 Å².